The third kappa shape index (κ3) is 3.33. The van der Waals surface area contributed by atoms with E-state index in [1.54, 1.807) is 31.5 Å². The Hall–Kier alpha value is -2.63. The molecule has 1 heterocycles. The van der Waals surface area contributed by atoms with Crippen LogP contribution in [-0.2, 0) is 4.74 Å². The van der Waals surface area contributed by atoms with Crippen LogP contribution < -0.4 is 9.47 Å². The van der Waals surface area contributed by atoms with Crippen LogP contribution in [0, 0.1) is 5.82 Å². The topological polar surface area (TPSA) is 57.7 Å². The smallest absolute Gasteiger partial charge is 0.341 e. The summed E-state index contributed by atoms with van der Waals surface area (Å²) in [5.74, 6) is -1.16. The highest BCUT2D eigenvalue weighted by atomic mass is 19.1. The van der Waals surface area contributed by atoms with Gasteiger partial charge in [-0.1, -0.05) is 0 Å². The molecule has 0 fully saturated rings. The molecule has 0 aliphatic heterocycles. The molecule has 5 nitrogen and oxygen atoms in total. The number of pyridine rings is 1. The van der Waals surface area contributed by atoms with E-state index in [-0.39, 0.29) is 23.2 Å². The Morgan fingerprint density at radius 1 is 1.18 bits per heavy atom. The number of benzene rings is 1. The Balaban J connectivity index is 2.30. The second-order valence-corrected chi connectivity index (χ2v) is 4.52. The first-order valence-electron chi connectivity index (χ1n) is 6.59. The van der Waals surface area contributed by atoms with Crippen molar-refractivity contribution in [3.63, 3.8) is 0 Å². The Morgan fingerprint density at radius 2 is 1.86 bits per heavy atom. The molecule has 116 valence electrons. The minimum atomic E-state index is -0.676. The van der Waals surface area contributed by atoms with Gasteiger partial charge >= 0.3 is 5.97 Å². The molecule has 1 unspecified atom stereocenters. The zero-order chi connectivity index (χ0) is 16.1. The Kier molecular flexibility index (Phi) is 4.93. The van der Waals surface area contributed by atoms with Gasteiger partial charge in [-0.05, 0) is 30.7 Å². The zero-order valence-electron chi connectivity index (χ0n) is 12.5. The van der Waals surface area contributed by atoms with Crippen molar-refractivity contribution in [3.05, 3.63) is 53.6 Å². The molecule has 0 aliphatic rings. The number of methoxy groups -OCH3 is 2. The summed E-state index contributed by atoms with van der Waals surface area (Å²) in [6, 6.07) is 5.93. The number of halogens is 1. The van der Waals surface area contributed by atoms with Crippen LogP contribution in [0.4, 0.5) is 4.39 Å². The molecule has 0 N–H and O–H groups in total. The van der Waals surface area contributed by atoms with Crippen molar-refractivity contribution in [3.8, 4) is 11.5 Å². The Labute approximate surface area is 127 Å². The van der Waals surface area contributed by atoms with Gasteiger partial charge < -0.3 is 14.2 Å². The summed E-state index contributed by atoms with van der Waals surface area (Å²) >= 11 is 0. The molecular weight excluding hydrogens is 289 g/mol. The molecule has 1 atom stereocenters. The molecule has 0 radical (unpaired) electrons. The fourth-order valence-corrected chi connectivity index (χ4v) is 1.96. The van der Waals surface area contributed by atoms with Crippen LogP contribution in [0.5, 0.6) is 11.5 Å². The predicted octanol–water partition coefficient (Wildman–Crippen LogP) is 3.16. The van der Waals surface area contributed by atoms with Crippen molar-refractivity contribution in [2.24, 2.45) is 0 Å². The maximum absolute atomic E-state index is 14.1. The number of esters is 1. The van der Waals surface area contributed by atoms with Gasteiger partial charge in [-0.25, -0.2) is 9.18 Å². The van der Waals surface area contributed by atoms with Gasteiger partial charge in [0, 0.05) is 18.5 Å². The molecule has 0 aliphatic carbocycles. The molecule has 1 aromatic carbocycles. The summed E-state index contributed by atoms with van der Waals surface area (Å²) in [5, 5.41) is 0. The van der Waals surface area contributed by atoms with E-state index in [1.165, 1.54) is 20.3 Å². The van der Waals surface area contributed by atoms with Crippen LogP contribution in [0.3, 0.4) is 0 Å². The Morgan fingerprint density at radius 3 is 2.45 bits per heavy atom. The predicted molar refractivity (Wildman–Crippen MR) is 77.6 cm³/mol. The van der Waals surface area contributed by atoms with Crippen molar-refractivity contribution in [2.75, 3.05) is 14.2 Å². The molecule has 22 heavy (non-hydrogen) atoms. The normalized spacial score (nSPS) is 11.6. The first-order valence-corrected chi connectivity index (χ1v) is 6.59. The lowest BCUT2D eigenvalue weighted by Gasteiger charge is -2.17. The number of ether oxygens (including phenoxy) is 3. The molecule has 1 aromatic heterocycles. The van der Waals surface area contributed by atoms with E-state index in [1.807, 2.05) is 0 Å². The molecule has 2 aromatic rings. The number of carbonyl (C=O) groups is 1. The lowest BCUT2D eigenvalue weighted by atomic mass is 10.1. The van der Waals surface area contributed by atoms with E-state index >= 15 is 0 Å². The fourth-order valence-electron chi connectivity index (χ4n) is 1.96. The maximum atomic E-state index is 14.1. The van der Waals surface area contributed by atoms with Crippen LogP contribution in [-0.4, -0.2) is 25.2 Å². The average molecular weight is 305 g/mol. The summed E-state index contributed by atoms with van der Waals surface area (Å²) in [6.45, 7) is 1.79. The molecule has 0 amide bonds. The molecule has 2 rings (SSSR count). The molecular formula is C16H16FNO4. The van der Waals surface area contributed by atoms with E-state index in [2.05, 4.69) is 9.72 Å². The number of aromatic nitrogens is 1. The molecule has 0 saturated carbocycles. The van der Waals surface area contributed by atoms with Crippen molar-refractivity contribution in [1.82, 2.24) is 4.98 Å². The van der Waals surface area contributed by atoms with Crippen LogP contribution >= 0.6 is 0 Å². The quantitative estimate of drug-likeness (QED) is 0.794. The van der Waals surface area contributed by atoms with E-state index in [4.69, 9.17) is 9.47 Å². The first-order chi connectivity index (χ1) is 10.6. The van der Waals surface area contributed by atoms with E-state index in [0.717, 1.165) is 11.6 Å². The van der Waals surface area contributed by atoms with Crippen LogP contribution in [0.2, 0.25) is 0 Å². The minimum absolute atomic E-state index is 0.00573. The molecule has 0 bridgehead atoms. The summed E-state index contributed by atoms with van der Waals surface area (Å²) in [5.41, 5.74) is 0.858. The molecule has 0 spiro atoms. The van der Waals surface area contributed by atoms with Gasteiger partial charge in [0.2, 0.25) is 0 Å². The number of rotatable bonds is 5. The monoisotopic (exact) mass is 305 g/mol. The van der Waals surface area contributed by atoms with Crippen LogP contribution in [0.15, 0.2) is 36.7 Å². The molecule has 6 heteroatoms. The standard InChI is InChI=1S/C16H16FNO4/c1-10(11-4-6-18-7-5-11)22-15-9-14(20-2)12(8-13(15)17)16(19)21-3/h4-10H,1-3H3. The van der Waals surface area contributed by atoms with Crippen molar-refractivity contribution in [1.29, 1.82) is 0 Å². The lowest BCUT2D eigenvalue weighted by Crippen LogP contribution is -2.08. The van der Waals surface area contributed by atoms with Gasteiger partial charge in [0.1, 0.15) is 17.4 Å². The van der Waals surface area contributed by atoms with Crippen molar-refractivity contribution >= 4 is 5.97 Å². The third-order valence-corrected chi connectivity index (χ3v) is 3.14. The summed E-state index contributed by atoms with van der Waals surface area (Å²) in [6.07, 6.45) is 2.88. The summed E-state index contributed by atoms with van der Waals surface area (Å²) < 4.78 is 29.4. The second kappa shape index (κ2) is 6.89. The summed E-state index contributed by atoms with van der Waals surface area (Å²) in [7, 11) is 2.60. The highest BCUT2D eigenvalue weighted by molar-refractivity contribution is 5.92. The minimum Gasteiger partial charge on any atom is -0.496 e. The largest absolute Gasteiger partial charge is 0.496 e. The van der Waals surface area contributed by atoms with E-state index in [9.17, 15) is 9.18 Å². The van der Waals surface area contributed by atoms with Gasteiger partial charge in [0.25, 0.3) is 0 Å². The van der Waals surface area contributed by atoms with Crippen molar-refractivity contribution in [2.45, 2.75) is 13.0 Å². The molecule has 0 saturated heterocycles. The van der Waals surface area contributed by atoms with Crippen molar-refractivity contribution < 1.29 is 23.4 Å². The third-order valence-electron chi connectivity index (χ3n) is 3.14. The number of nitrogens with zero attached hydrogens (tertiary/aromatic N) is 1. The Bertz CT molecular complexity index is 661. The van der Waals surface area contributed by atoms with E-state index in [0.29, 0.717) is 0 Å². The van der Waals surface area contributed by atoms with Gasteiger partial charge in [-0.3, -0.25) is 4.98 Å². The maximum Gasteiger partial charge on any atom is 0.341 e. The highest BCUT2D eigenvalue weighted by Gasteiger charge is 2.19. The SMILES string of the molecule is COC(=O)c1cc(F)c(OC(C)c2ccncc2)cc1OC. The van der Waals surface area contributed by atoms with Crippen LogP contribution in [0.1, 0.15) is 28.9 Å². The van der Waals surface area contributed by atoms with Gasteiger partial charge in [0.05, 0.1) is 14.2 Å². The second-order valence-electron chi connectivity index (χ2n) is 4.52. The first kappa shape index (κ1) is 15.8. The highest BCUT2D eigenvalue weighted by Crippen LogP contribution is 2.31. The summed E-state index contributed by atoms with van der Waals surface area (Å²) in [4.78, 5) is 15.5. The van der Waals surface area contributed by atoms with Gasteiger partial charge in [-0.15, -0.1) is 0 Å². The average Bonchev–Trinajstić information content (AvgIpc) is 2.56. The van der Waals surface area contributed by atoms with E-state index < -0.39 is 11.8 Å². The van der Waals surface area contributed by atoms with Crippen LogP contribution in [0.25, 0.3) is 0 Å². The number of hydrogen-bond donors (Lipinski definition) is 0. The van der Waals surface area contributed by atoms with Gasteiger partial charge in [0.15, 0.2) is 11.6 Å². The fraction of sp³-hybridized carbons (Fsp3) is 0.250. The number of hydrogen-bond acceptors (Lipinski definition) is 5. The lowest BCUT2D eigenvalue weighted by molar-refractivity contribution is 0.0596. The van der Waals surface area contributed by atoms with Gasteiger partial charge in [-0.2, -0.15) is 0 Å². The zero-order valence-corrected chi connectivity index (χ0v) is 12.5. The number of carbonyl (C=O) groups excluding carboxylic acids is 1.